The van der Waals surface area contributed by atoms with Crippen LogP contribution in [0.15, 0.2) is 54.6 Å². The molecule has 5 N–H and O–H groups in total. The Bertz CT molecular complexity index is 3110. The quantitative estimate of drug-likeness (QED) is 0.0835. The summed E-state index contributed by atoms with van der Waals surface area (Å²) in [6, 6.07) is 13.9. The Labute approximate surface area is 443 Å². The molecule has 1 aromatic heterocycles. The van der Waals surface area contributed by atoms with Gasteiger partial charge in [-0.1, -0.05) is 62.7 Å². The van der Waals surface area contributed by atoms with E-state index < -0.39 is 69.7 Å². The summed E-state index contributed by atoms with van der Waals surface area (Å²) in [7, 11) is 1.56. The third kappa shape index (κ3) is 9.33. The average molecular weight is 1070 g/mol. The van der Waals surface area contributed by atoms with E-state index >= 15 is 17.6 Å². The van der Waals surface area contributed by atoms with Gasteiger partial charge in [0.2, 0.25) is 17.7 Å². The lowest BCUT2D eigenvalue weighted by Gasteiger charge is -2.46. The summed E-state index contributed by atoms with van der Waals surface area (Å²) in [5, 5.41) is 19.5. The van der Waals surface area contributed by atoms with Gasteiger partial charge in [0.25, 0.3) is 0 Å². The highest BCUT2D eigenvalue weighted by molar-refractivity contribution is 6.34. The van der Waals surface area contributed by atoms with Crippen LogP contribution in [0, 0.1) is 34.6 Å². The zero-order chi connectivity index (χ0) is 54.0. The van der Waals surface area contributed by atoms with E-state index in [-0.39, 0.29) is 106 Å². The number of aryl methyl sites for hydroxylation is 1. The van der Waals surface area contributed by atoms with E-state index in [1.54, 1.807) is 7.05 Å². The van der Waals surface area contributed by atoms with Crippen LogP contribution in [0.25, 0.3) is 22.0 Å². The first-order valence-electron chi connectivity index (χ1n) is 26.2. The highest BCUT2D eigenvalue weighted by atomic mass is 35.5. The molecular weight excluding hydrogens is 1010 g/mol. The number of ether oxygens (including phenoxy) is 2. The topological polar surface area (TPSA) is 185 Å². The number of anilines is 1. The number of aromatic nitrogens is 2. The molecule has 5 aromatic rings. The Kier molecular flexibility index (Phi) is 14.6. The fourth-order valence-electron chi connectivity index (χ4n) is 12.9. The zero-order valence-corrected chi connectivity index (χ0v) is 43.8. The number of fused-ring (bicyclic) bond motifs is 2. The number of urea groups is 1. The van der Waals surface area contributed by atoms with E-state index in [1.807, 2.05) is 56.0 Å². The number of benzene rings is 4. The average Bonchev–Trinajstić information content (AvgIpc) is 3.95. The van der Waals surface area contributed by atoms with Crippen LogP contribution < -0.4 is 30.7 Å². The molecule has 0 radical (unpaired) electrons. The maximum Gasteiger partial charge on any atom is 0.329 e. The van der Waals surface area contributed by atoms with Crippen LogP contribution in [0.4, 0.5) is 28.2 Å². The number of rotatable bonds is 13. The Balaban J connectivity index is 0.777. The van der Waals surface area contributed by atoms with Crippen LogP contribution in [-0.4, -0.2) is 113 Å². The van der Waals surface area contributed by atoms with Crippen molar-refractivity contribution in [2.24, 2.45) is 24.1 Å². The van der Waals surface area contributed by atoms with E-state index in [2.05, 4.69) is 20.6 Å². The number of aliphatic hydroxyl groups is 1. The second-order valence-electron chi connectivity index (χ2n) is 21.6. The molecule has 4 atom stereocenters. The molecule has 4 aliphatic heterocycles. The number of halogens is 5. The first-order valence-corrected chi connectivity index (χ1v) is 26.6. The van der Waals surface area contributed by atoms with Crippen LogP contribution >= 0.6 is 11.6 Å². The summed E-state index contributed by atoms with van der Waals surface area (Å²) in [5.74, 6) is -5.60. The second kappa shape index (κ2) is 20.9. The summed E-state index contributed by atoms with van der Waals surface area (Å²) < 4.78 is 78.6. The predicted molar refractivity (Wildman–Crippen MR) is 277 cm³/mol. The van der Waals surface area contributed by atoms with Gasteiger partial charge in [0, 0.05) is 97.9 Å². The zero-order valence-electron chi connectivity index (χ0n) is 43.0. The second-order valence-corrected chi connectivity index (χ2v) is 21.9. The lowest BCUT2D eigenvalue weighted by molar-refractivity contribution is -0.145. The molecule has 76 heavy (non-hydrogen) atoms. The molecule has 4 aromatic carbocycles. The maximum atomic E-state index is 16.5. The normalized spacial score (nSPS) is 25.4. The van der Waals surface area contributed by atoms with Crippen molar-refractivity contribution in [2.45, 2.75) is 102 Å². The molecule has 404 valence electrons. The van der Waals surface area contributed by atoms with Crippen molar-refractivity contribution in [1.29, 1.82) is 0 Å². The highest BCUT2D eigenvalue weighted by Crippen LogP contribution is 2.57. The lowest BCUT2D eigenvalue weighted by atomic mass is 9.72. The first-order chi connectivity index (χ1) is 36.3. The van der Waals surface area contributed by atoms with E-state index in [0.29, 0.717) is 63.8 Å². The van der Waals surface area contributed by atoms with Gasteiger partial charge in [0.1, 0.15) is 29.5 Å². The molecule has 10 rings (SSSR count). The molecule has 5 aliphatic rings. The van der Waals surface area contributed by atoms with Gasteiger partial charge < -0.3 is 30.5 Å². The Hall–Kier alpha value is -6.28. The number of carbonyl (C=O) groups excluding carboxylic acids is 4. The lowest BCUT2D eigenvalue weighted by Crippen LogP contribution is -2.54. The van der Waals surface area contributed by atoms with Gasteiger partial charge in [-0.2, -0.15) is 5.10 Å². The number of primary amides is 1. The van der Waals surface area contributed by atoms with Crippen molar-refractivity contribution in [3.8, 4) is 22.6 Å². The Morgan fingerprint density at radius 1 is 0.934 bits per heavy atom. The van der Waals surface area contributed by atoms with Crippen molar-refractivity contribution in [2.75, 3.05) is 57.4 Å². The molecule has 0 spiro atoms. The smallest absolute Gasteiger partial charge is 0.329 e. The number of hydrogen-bond acceptors (Lipinski definition) is 10. The molecule has 15 nitrogen and oxygen atoms in total. The van der Waals surface area contributed by atoms with Crippen LogP contribution in [-0.2, 0) is 22.2 Å². The summed E-state index contributed by atoms with van der Waals surface area (Å²) in [6.45, 7) is 8.13. The predicted octanol–water partition coefficient (Wildman–Crippen LogP) is 8.41. The minimum Gasteiger partial charge on any atom is -0.488 e. The van der Waals surface area contributed by atoms with Crippen molar-refractivity contribution in [1.82, 2.24) is 30.2 Å². The molecule has 0 unspecified atom stereocenters. The van der Waals surface area contributed by atoms with Crippen molar-refractivity contribution in [3.05, 3.63) is 105 Å². The van der Waals surface area contributed by atoms with Gasteiger partial charge in [-0.3, -0.25) is 34.2 Å². The Morgan fingerprint density at radius 3 is 2.33 bits per heavy atom. The first kappa shape index (κ1) is 53.1. The summed E-state index contributed by atoms with van der Waals surface area (Å²) >= 11 is 6.73. The fourth-order valence-corrected chi connectivity index (χ4v) is 13.1. The highest BCUT2D eigenvalue weighted by Gasteiger charge is 2.51. The molecule has 1 saturated carbocycles. The molecule has 5 amide bonds. The molecule has 0 bridgehead atoms. The number of carbonyl (C=O) groups is 4. The monoisotopic (exact) mass is 1070 g/mol. The number of aliphatic hydroxyl groups excluding tert-OH is 1. The van der Waals surface area contributed by atoms with Gasteiger partial charge in [-0.05, 0) is 87.1 Å². The largest absolute Gasteiger partial charge is 0.488 e. The van der Waals surface area contributed by atoms with E-state index in [0.717, 1.165) is 18.4 Å². The van der Waals surface area contributed by atoms with Crippen LogP contribution in [0.1, 0.15) is 111 Å². The van der Waals surface area contributed by atoms with Crippen molar-refractivity contribution >= 4 is 52.1 Å². The minimum absolute atomic E-state index is 0.00278. The van der Waals surface area contributed by atoms with Crippen LogP contribution in [0.3, 0.4) is 0 Å². The fraction of sp³-hybridized carbons (Fsp3) is 0.482. The van der Waals surface area contributed by atoms with E-state index in [9.17, 15) is 24.3 Å². The van der Waals surface area contributed by atoms with Crippen molar-refractivity contribution in [3.63, 3.8) is 0 Å². The standard InChI is InChI=1S/C56H63ClF4N8O7/c1-30-28-68(22-16-35(30)44-38(58)26-37-50(49(44)61)66(4)65-52(37)69-23-17-42(71)64-54(69)74)34-14-20-67(21-15-34)53(73)55(3)18-12-33(13-19-55)63-29-56(32-8-6-5-7-9-32)31(2)43-41(76-56)27-39(59)47(57)46(43)45-36(51(62)72)10-11-40(48(45)60)75-25-24-70/h5-11,26-27,30-31,33-35,63,70H,12-25,28-29H2,1-4H3,(H2,62,72)(H,64,71,74)/t30-,31+,33?,35+,55?,56+/m1/s1. The summed E-state index contributed by atoms with van der Waals surface area (Å²) in [4.78, 5) is 57.2. The number of nitrogens with zero attached hydrogens (tertiary/aromatic N) is 5. The number of hydrogen-bond donors (Lipinski definition) is 4. The van der Waals surface area contributed by atoms with Gasteiger partial charge in [-0.25, -0.2) is 22.4 Å². The third-order valence-corrected chi connectivity index (χ3v) is 17.4. The molecule has 3 saturated heterocycles. The number of nitrogens with two attached hydrogens (primary N) is 1. The minimum atomic E-state index is -1.15. The third-order valence-electron chi connectivity index (χ3n) is 17.1. The number of imide groups is 1. The molecule has 1 aliphatic carbocycles. The van der Waals surface area contributed by atoms with Crippen LogP contribution in [0.5, 0.6) is 11.5 Å². The summed E-state index contributed by atoms with van der Waals surface area (Å²) in [6.07, 6.45) is 4.84. The Morgan fingerprint density at radius 2 is 1.66 bits per heavy atom. The van der Waals surface area contributed by atoms with E-state index in [4.69, 9.17) is 26.8 Å². The number of nitrogens with one attached hydrogen (secondary N) is 2. The molecular formula is C56H63ClF4N8O7. The van der Waals surface area contributed by atoms with E-state index in [1.165, 1.54) is 33.8 Å². The summed E-state index contributed by atoms with van der Waals surface area (Å²) in [5.41, 5.74) is 4.68. The maximum absolute atomic E-state index is 16.5. The molecule has 20 heteroatoms. The number of piperidine rings is 2. The van der Waals surface area contributed by atoms with Gasteiger partial charge in [0.05, 0.1) is 22.6 Å². The van der Waals surface area contributed by atoms with Crippen LogP contribution in [0.2, 0.25) is 5.02 Å². The SMILES string of the molecule is C[C@@H]1CN(C2CCN(C(=O)C3(C)CCC(NC[C@]4(c5ccccc5)Oc5cc(F)c(Cl)c(-c6c(C(N)=O)ccc(OCCO)c6F)c5[C@@H]4C)CC3)CC2)CC[C@@H]1c1c(F)cc2c(N3CCC(=O)NC3=O)nn(C)c2c1F. The van der Waals surface area contributed by atoms with Gasteiger partial charge in [-0.15, -0.1) is 0 Å². The van der Waals surface area contributed by atoms with Gasteiger partial charge in [0.15, 0.2) is 28.8 Å². The van der Waals surface area contributed by atoms with Gasteiger partial charge >= 0.3 is 6.03 Å². The molecule has 5 heterocycles. The van der Waals surface area contributed by atoms with Crippen molar-refractivity contribution < 1.29 is 51.3 Å². The number of likely N-dealkylation sites (tertiary alicyclic amines) is 2. The number of amides is 5. The molecule has 4 fully saturated rings.